The van der Waals surface area contributed by atoms with Crippen LogP contribution in [0.5, 0.6) is 0 Å². The number of rotatable bonds is 6. The summed E-state index contributed by atoms with van der Waals surface area (Å²) in [5.74, 6) is -1.08. The van der Waals surface area contributed by atoms with Gasteiger partial charge in [0.2, 0.25) is 10.0 Å². The number of aliphatic hydroxyl groups is 1. The zero-order chi connectivity index (χ0) is 18.6. The molecule has 0 aromatic heterocycles. The first-order valence-corrected chi connectivity index (χ1v) is 9.34. The summed E-state index contributed by atoms with van der Waals surface area (Å²) < 4.78 is 24.9. The average molecular weight is 364 g/mol. The molecule has 2 rings (SSSR count). The van der Waals surface area contributed by atoms with Crippen molar-refractivity contribution in [2.24, 2.45) is 0 Å². The van der Waals surface area contributed by atoms with Crippen molar-refractivity contribution in [1.82, 2.24) is 5.48 Å². The van der Waals surface area contributed by atoms with Crippen molar-refractivity contribution >= 4 is 21.6 Å². The highest BCUT2D eigenvalue weighted by atomic mass is 32.2. The third-order valence-electron chi connectivity index (χ3n) is 3.69. The molecule has 0 saturated heterocycles. The van der Waals surface area contributed by atoms with Crippen molar-refractivity contribution in [2.75, 3.05) is 17.1 Å². The Labute approximate surface area is 146 Å². The Morgan fingerprint density at radius 2 is 1.56 bits per heavy atom. The Balaban J connectivity index is 2.29. The predicted octanol–water partition coefficient (Wildman–Crippen LogP) is 1.29. The Morgan fingerprint density at radius 3 is 2.00 bits per heavy atom. The number of sulfonamides is 1. The van der Waals surface area contributed by atoms with Crippen molar-refractivity contribution in [3.63, 3.8) is 0 Å². The number of aryl methyl sites for hydroxylation is 1. The number of hydroxylamine groups is 1. The molecule has 0 aliphatic carbocycles. The minimum Gasteiger partial charge on any atom is -0.381 e. The van der Waals surface area contributed by atoms with Crippen LogP contribution >= 0.6 is 0 Å². The fourth-order valence-corrected chi connectivity index (χ4v) is 3.23. The summed E-state index contributed by atoms with van der Waals surface area (Å²) >= 11 is 0. The minimum absolute atomic E-state index is 0.308. The van der Waals surface area contributed by atoms with E-state index in [0.29, 0.717) is 5.69 Å². The van der Waals surface area contributed by atoms with Gasteiger partial charge >= 0.3 is 0 Å². The predicted molar refractivity (Wildman–Crippen MR) is 94.7 cm³/mol. The maximum absolute atomic E-state index is 12.0. The third kappa shape index (κ3) is 4.79. The summed E-state index contributed by atoms with van der Waals surface area (Å²) in [6.45, 7) is 1.49. The van der Waals surface area contributed by atoms with E-state index in [9.17, 15) is 18.3 Å². The number of hydrogen-bond donors (Lipinski definition) is 3. The molecule has 0 heterocycles. The molecule has 134 valence electrons. The molecule has 8 heteroatoms. The summed E-state index contributed by atoms with van der Waals surface area (Å²) in [7, 11) is -3.73. The largest absolute Gasteiger partial charge is 0.381 e. The standard InChI is InChI=1S/C17H20N2O5S/c1-12-3-5-13(6-4-12)14-7-9-15(10-8-14)19(25(2,23)24)11-16(20)17(21)18-22/h3-10,16,20,22H,11H2,1-2H3,(H,18,21)/t16-/m0/s1. The van der Waals surface area contributed by atoms with Crippen LogP contribution in [0.25, 0.3) is 11.1 Å². The molecule has 7 nitrogen and oxygen atoms in total. The lowest BCUT2D eigenvalue weighted by Gasteiger charge is -2.24. The lowest BCUT2D eigenvalue weighted by molar-refractivity contribution is -0.137. The zero-order valence-corrected chi connectivity index (χ0v) is 14.7. The van der Waals surface area contributed by atoms with E-state index in [2.05, 4.69) is 0 Å². The number of amides is 1. The number of hydrogen-bond acceptors (Lipinski definition) is 5. The Kier molecular flexibility index (Phi) is 5.78. The highest BCUT2D eigenvalue weighted by molar-refractivity contribution is 7.92. The number of nitrogens with zero attached hydrogens (tertiary/aromatic N) is 1. The molecular formula is C17H20N2O5S. The first-order valence-electron chi connectivity index (χ1n) is 7.49. The van der Waals surface area contributed by atoms with Crippen molar-refractivity contribution in [3.05, 3.63) is 54.1 Å². The van der Waals surface area contributed by atoms with Crippen molar-refractivity contribution < 1.29 is 23.5 Å². The maximum Gasteiger partial charge on any atom is 0.274 e. The lowest BCUT2D eigenvalue weighted by atomic mass is 10.0. The maximum atomic E-state index is 12.0. The second-order valence-corrected chi connectivity index (χ2v) is 7.61. The molecule has 1 atom stereocenters. The van der Waals surface area contributed by atoms with Crippen LogP contribution in [0, 0.1) is 6.92 Å². The molecule has 3 N–H and O–H groups in total. The van der Waals surface area contributed by atoms with E-state index in [1.165, 1.54) is 5.48 Å². The summed E-state index contributed by atoms with van der Waals surface area (Å²) in [5, 5.41) is 18.2. The number of aliphatic hydroxyl groups excluding tert-OH is 1. The van der Waals surface area contributed by atoms with Gasteiger partial charge in [-0.1, -0.05) is 42.0 Å². The highest BCUT2D eigenvalue weighted by Gasteiger charge is 2.25. The molecule has 25 heavy (non-hydrogen) atoms. The van der Waals surface area contributed by atoms with Gasteiger partial charge in [-0.2, -0.15) is 0 Å². The van der Waals surface area contributed by atoms with E-state index in [1.807, 2.05) is 31.2 Å². The number of anilines is 1. The molecule has 1 amide bonds. The molecule has 0 bridgehead atoms. The number of carbonyl (C=O) groups is 1. The molecule has 0 fully saturated rings. The van der Waals surface area contributed by atoms with Crippen LogP contribution in [0.2, 0.25) is 0 Å². The molecule has 0 unspecified atom stereocenters. The number of nitrogens with one attached hydrogen (secondary N) is 1. The second-order valence-electron chi connectivity index (χ2n) is 5.70. The fourth-order valence-electron chi connectivity index (χ4n) is 2.31. The summed E-state index contributed by atoms with van der Waals surface area (Å²) in [6.07, 6.45) is -0.721. The molecular weight excluding hydrogens is 344 g/mol. The fraction of sp³-hybridized carbons (Fsp3) is 0.235. The quantitative estimate of drug-likeness (QED) is 0.529. The zero-order valence-electron chi connectivity index (χ0n) is 13.9. The van der Waals surface area contributed by atoms with Gasteiger partial charge in [-0.15, -0.1) is 0 Å². The Morgan fingerprint density at radius 1 is 1.08 bits per heavy atom. The van der Waals surface area contributed by atoms with E-state index < -0.39 is 28.6 Å². The highest BCUT2D eigenvalue weighted by Crippen LogP contribution is 2.25. The van der Waals surface area contributed by atoms with Crippen LogP contribution < -0.4 is 9.79 Å². The molecule has 2 aromatic rings. The monoisotopic (exact) mass is 364 g/mol. The first kappa shape index (κ1) is 18.9. The van der Waals surface area contributed by atoms with Crippen molar-refractivity contribution in [1.29, 1.82) is 0 Å². The van der Waals surface area contributed by atoms with Crippen LogP contribution in [0.3, 0.4) is 0 Å². The smallest absolute Gasteiger partial charge is 0.274 e. The number of benzene rings is 2. The minimum atomic E-state index is -3.73. The van der Waals surface area contributed by atoms with Gasteiger partial charge in [0.1, 0.15) is 0 Å². The normalized spacial score (nSPS) is 12.5. The van der Waals surface area contributed by atoms with Gasteiger partial charge in [-0.3, -0.25) is 14.3 Å². The van der Waals surface area contributed by atoms with E-state index in [-0.39, 0.29) is 0 Å². The molecule has 2 aromatic carbocycles. The van der Waals surface area contributed by atoms with Gasteiger partial charge in [-0.25, -0.2) is 13.9 Å². The second kappa shape index (κ2) is 7.64. The van der Waals surface area contributed by atoms with Crippen molar-refractivity contribution in [2.45, 2.75) is 13.0 Å². The van der Waals surface area contributed by atoms with E-state index in [1.54, 1.807) is 24.3 Å². The Bertz CT molecular complexity index is 832. The van der Waals surface area contributed by atoms with Gasteiger partial charge < -0.3 is 5.11 Å². The van der Waals surface area contributed by atoms with Gasteiger partial charge in [0, 0.05) is 0 Å². The van der Waals surface area contributed by atoms with Crippen LogP contribution in [0.15, 0.2) is 48.5 Å². The van der Waals surface area contributed by atoms with E-state index in [4.69, 9.17) is 5.21 Å². The van der Waals surface area contributed by atoms with Crippen LogP contribution in [-0.4, -0.2) is 43.5 Å². The summed E-state index contributed by atoms with van der Waals surface area (Å²) in [5.41, 5.74) is 4.64. The number of carbonyl (C=O) groups excluding carboxylic acids is 1. The molecule has 0 aliphatic heterocycles. The van der Waals surface area contributed by atoms with Crippen LogP contribution in [0.4, 0.5) is 5.69 Å². The average Bonchev–Trinajstić information content (AvgIpc) is 2.58. The van der Waals surface area contributed by atoms with E-state index in [0.717, 1.165) is 27.3 Å². The molecule has 0 radical (unpaired) electrons. The van der Waals surface area contributed by atoms with Gasteiger partial charge in [0.05, 0.1) is 18.5 Å². The molecule has 0 spiro atoms. The van der Waals surface area contributed by atoms with Gasteiger partial charge in [0.15, 0.2) is 6.10 Å². The third-order valence-corrected chi connectivity index (χ3v) is 4.85. The summed E-state index contributed by atoms with van der Waals surface area (Å²) in [6, 6.07) is 14.6. The van der Waals surface area contributed by atoms with Gasteiger partial charge in [0.25, 0.3) is 5.91 Å². The van der Waals surface area contributed by atoms with Crippen molar-refractivity contribution in [3.8, 4) is 11.1 Å². The lowest BCUT2D eigenvalue weighted by Crippen LogP contribution is -2.44. The van der Waals surface area contributed by atoms with Gasteiger partial charge in [-0.05, 0) is 30.2 Å². The topological polar surface area (TPSA) is 107 Å². The first-order chi connectivity index (χ1) is 11.7. The van der Waals surface area contributed by atoms with Crippen LogP contribution in [0.1, 0.15) is 5.56 Å². The molecule has 0 aliphatic rings. The van der Waals surface area contributed by atoms with Crippen LogP contribution in [-0.2, 0) is 14.8 Å². The molecule has 0 saturated carbocycles. The van der Waals surface area contributed by atoms with E-state index >= 15 is 0 Å². The Hall–Kier alpha value is -2.42. The summed E-state index contributed by atoms with van der Waals surface area (Å²) in [4.78, 5) is 11.2. The SMILES string of the molecule is Cc1ccc(-c2ccc(N(C[C@H](O)C(=O)NO)S(C)(=O)=O)cc2)cc1.